The first kappa shape index (κ1) is 13.3. The molecular weight excluding hydrogens is 242 g/mol. The van der Waals surface area contributed by atoms with Crippen LogP contribution in [0.5, 0.6) is 5.75 Å². The van der Waals surface area contributed by atoms with Crippen molar-refractivity contribution in [3.8, 4) is 5.75 Å². The zero-order valence-corrected chi connectivity index (χ0v) is 11.3. The molecule has 0 saturated heterocycles. The van der Waals surface area contributed by atoms with Gasteiger partial charge in [0.1, 0.15) is 5.75 Å². The third-order valence-electron chi connectivity index (χ3n) is 3.21. The molecule has 1 aromatic heterocycles. The number of benzene rings is 1. The number of ether oxygens (including phenoxy) is 1. The highest BCUT2D eigenvalue weighted by molar-refractivity contribution is 5.87. The molecule has 2 aromatic rings. The maximum Gasteiger partial charge on any atom is 0.304 e. The number of carboxylic acid groups (broad SMARTS) is 1. The van der Waals surface area contributed by atoms with E-state index < -0.39 is 11.4 Å². The topological polar surface area (TPSA) is 59.4 Å². The van der Waals surface area contributed by atoms with Gasteiger partial charge in [0.2, 0.25) is 0 Å². The summed E-state index contributed by atoms with van der Waals surface area (Å²) in [7, 11) is 1.61. The molecule has 0 aliphatic rings. The van der Waals surface area contributed by atoms with Crippen molar-refractivity contribution in [3.05, 3.63) is 36.2 Å². The molecule has 1 heterocycles. The minimum atomic E-state index is -0.827. The van der Waals surface area contributed by atoms with Gasteiger partial charge in [0, 0.05) is 17.0 Å². The average Bonchev–Trinajstić information content (AvgIpc) is 2.35. The molecular formula is C15H17NO3. The largest absolute Gasteiger partial charge is 0.497 e. The second-order valence-corrected chi connectivity index (χ2v) is 5.20. The molecule has 2 rings (SSSR count). The Morgan fingerprint density at radius 3 is 2.74 bits per heavy atom. The fourth-order valence-electron chi connectivity index (χ4n) is 2.28. The molecule has 0 aliphatic carbocycles. The van der Waals surface area contributed by atoms with E-state index in [1.165, 1.54) is 0 Å². The molecule has 19 heavy (non-hydrogen) atoms. The Labute approximate surface area is 112 Å². The molecule has 1 aromatic carbocycles. The highest BCUT2D eigenvalue weighted by Gasteiger charge is 2.27. The number of carbonyl (C=O) groups is 1. The Balaban J connectivity index is 2.62. The van der Waals surface area contributed by atoms with Gasteiger partial charge in [0.15, 0.2) is 0 Å². The van der Waals surface area contributed by atoms with Gasteiger partial charge >= 0.3 is 5.97 Å². The first-order chi connectivity index (χ1) is 8.94. The normalized spacial score (nSPS) is 11.5. The minimum absolute atomic E-state index is 0.0380. The summed E-state index contributed by atoms with van der Waals surface area (Å²) in [6.45, 7) is 3.78. The van der Waals surface area contributed by atoms with Gasteiger partial charge in [0.25, 0.3) is 0 Å². The first-order valence-corrected chi connectivity index (χ1v) is 6.09. The number of hydrogen-bond donors (Lipinski definition) is 1. The fourth-order valence-corrected chi connectivity index (χ4v) is 2.28. The number of aromatic nitrogens is 1. The van der Waals surface area contributed by atoms with Crippen LogP contribution in [0.2, 0.25) is 0 Å². The van der Waals surface area contributed by atoms with E-state index in [1.54, 1.807) is 13.3 Å². The lowest BCUT2D eigenvalue weighted by atomic mass is 9.83. The van der Waals surface area contributed by atoms with Crippen LogP contribution in [0.25, 0.3) is 10.8 Å². The van der Waals surface area contributed by atoms with Crippen molar-refractivity contribution in [3.63, 3.8) is 0 Å². The number of carboxylic acids is 1. The summed E-state index contributed by atoms with van der Waals surface area (Å²) in [6.07, 6.45) is 1.75. The van der Waals surface area contributed by atoms with Gasteiger partial charge < -0.3 is 9.84 Å². The van der Waals surface area contributed by atoms with Crippen molar-refractivity contribution in [2.45, 2.75) is 25.7 Å². The standard InChI is InChI=1S/C15H17NO3/c1-15(2,9-13(17)18)14-12-8-11(19-3)5-4-10(12)6-7-16-14/h4-8H,9H2,1-3H3,(H,17,18). The van der Waals surface area contributed by atoms with Gasteiger partial charge in [-0.15, -0.1) is 0 Å². The Kier molecular flexibility index (Phi) is 3.42. The molecule has 0 atom stereocenters. The van der Waals surface area contributed by atoms with E-state index in [0.29, 0.717) is 0 Å². The molecule has 0 saturated carbocycles. The van der Waals surface area contributed by atoms with Gasteiger partial charge in [-0.2, -0.15) is 0 Å². The van der Waals surface area contributed by atoms with Crippen molar-refractivity contribution >= 4 is 16.7 Å². The minimum Gasteiger partial charge on any atom is -0.497 e. The van der Waals surface area contributed by atoms with Gasteiger partial charge in [-0.1, -0.05) is 19.9 Å². The molecule has 0 aliphatic heterocycles. The molecule has 0 amide bonds. The number of aliphatic carboxylic acids is 1. The summed E-state index contributed by atoms with van der Waals surface area (Å²) in [4.78, 5) is 15.4. The monoisotopic (exact) mass is 259 g/mol. The lowest BCUT2D eigenvalue weighted by molar-refractivity contribution is -0.138. The second kappa shape index (κ2) is 4.88. The van der Waals surface area contributed by atoms with Crippen LogP contribution >= 0.6 is 0 Å². The third kappa shape index (κ3) is 2.67. The van der Waals surface area contributed by atoms with Gasteiger partial charge in [0.05, 0.1) is 19.2 Å². The summed E-state index contributed by atoms with van der Waals surface area (Å²) in [5.41, 5.74) is 0.254. The van der Waals surface area contributed by atoms with Crippen molar-refractivity contribution in [1.82, 2.24) is 4.98 Å². The van der Waals surface area contributed by atoms with Crippen LogP contribution in [0.3, 0.4) is 0 Å². The summed E-state index contributed by atoms with van der Waals surface area (Å²) >= 11 is 0. The van der Waals surface area contributed by atoms with Crippen LogP contribution in [0, 0.1) is 0 Å². The van der Waals surface area contributed by atoms with E-state index in [1.807, 2.05) is 38.1 Å². The number of hydrogen-bond acceptors (Lipinski definition) is 3. The van der Waals surface area contributed by atoms with Crippen molar-refractivity contribution in [2.24, 2.45) is 0 Å². The molecule has 0 radical (unpaired) electrons. The van der Waals surface area contributed by atoms with Crippen LogP contribution < -0.4 is 4.74 Å². The predicted octanol–water partition coefficient (Wildman–Crippen LogP) is 3.00. The molecule has 4 nitrogen and oxygen atoms in total. The third-order valence-corrected chi connectivity index (χ3v) is 3.21. The highest BCUT2D eigenvalue weighted by Crippen LogP contribution is 2.32. The SMILES string of the molecule is COc1ccc2ccnc(C(C)(C)CC(=O)O)c2c1. The van der Waals surface area contributed by atoms with Crippen LogP contribution in [0.1, 0.15) is 26.0 Å². The summed E-state index contributed by atoms with van der Waals surface area (Å²) in [6, 6.07) is 7.66. The van der Waals surface area contributed by atoms with Crippen LogP contribution in [0.15, 0.2) is 30.5 Å². The van der Waals surface area contributed by atoms with Gasteiger partial charge in [-0.05, 0) is 23.6 Å². The molecule has 0 bridgehead atoms. The number of pyridine rings is 1. The molecule has 0 fully saturated rings. The lowest BCUT2D eigenvalue weighted by Gasteiger charge is -2.23. The average molecular weight is 259 g/mol. The van der Waals surface area contributed by atoms with Crippen molar-refractivity contribution in [2.75, 3.05) is 7.11 Å². The van der Waals surface area contributed by atoms with Crippen molar-refractivity contribution in [1.29, 1.82) is 0 Å². The highest BCUT2D eigenvalue weighted by atomic mass is 16.5. The number of nitrogens with zero attached hydrogens (tertiary/aromatic N) is 1. The second-order valence-electron chi connectivity index (χ2n) is 5.20. The van der Waals surface area contributed by atoms with E-state index in [2.05, 4.69) is 4.98 Å². The zero-order valence-electron chi connectivity index (χ0n) is 11.3. The quantitative estimate of drug-likeness (QED) is 0.917. The van der Waals surface area contributed by atoms with E-state index >= 15 is 0 Å². The van der Waals surface area contributed by atoms with Gasteiger partial charge in [-0.3, -0.25) is 9.78 Å². The summed E-state index contributed by atoms with van der Waals surface area (Å²) < 4.78 is 5.23. The van der Waals surface area contributed by atoms with Crippen LogP contribution in [0.4, 0.5) is 0 Å². The van der Waals surface area contributed by atoms with E-state index in [4.69, 9.17) is 9.84 Å². The van der Waals surface area contributed by atoms with E-state index in [-0.39, 0.29) is 6.42 Å². The van der Waals surface area contributed by atoms with E-state index in [0.717, 1.165) is 22.2 Å². The van der Waals surface area contributed by atoms with Crippen LogP contribution in [-0.4, -0.2) is 23.2 Å². The number of methoxy groups -OCH3 is 1. The maximum atomic E-state index is 11.0. The summed E-state index contributed by atoms with van der Waals surface area (Å²) in [5.74, 6) is -0.0837. The molecule has 1 N–H and O–H groups in total. The summed E-state index contributed by atoms with van der Waals surface area (Å²) in [5, 5.41) is 11.0. The predicted molar refractivity (Wildman–Crippen MR) is 73.6 cm³/mol. The van der Waals surface area contributed by atoms with E-state index in [9.17, 15) is 4.79 Å². The molecule has 4 heteroatoms. The first-order valence-electron chi connectivity index (χ1n) is 6.09. The Bertz CT molecular complexity index is 620. The van der Waals surface area contributed by atoms with Crippen molar-refractivity contribution < 1.29 is 14.6 Å². The Hall–Kier alpha value is -2.10. The maximum absolute atomic E-state index is 11.0. The Morgan fingerprint density at radius 2 is 2.11 bits per heavy atom. The number of rotatable bonds is 4. The molecule has 0 unspecified atom stereocenters. The van der Waals surface area contributed by atoms with Gasteiger partial charge in [-0.25, -0.2) is 0 Å². The molecule has 0 spiro atoms. The molecule has 100 valence electrons. The lowest BCUT2D eigenvalue weighted by Crippen LogP contribution is -2.23. The Morgan fingerprint density at radius 1 is 1.37 bits per heavy atom. The number of fused-ring (bicyclic) bond motifs is 1. The zero-order chi connectivity index (χ0) is 14.0. The fraction of sp³-hybridized carbons (Fsp3) is 0.333. The van der Waals surface area contributed by atoms with Crippen LogP contribution in [-0.2, 0) is 10.2 Å². The smallest absolute Gasteiger partial charge is 0.304 e.